The van der Waals surface area contributed by atoms with Crippen LogP contribution in [0.5, 0.6) is 0 Å². The first-order valence-electron chi connectivity index (χ1n) is 10.0. The third-order valence-corrected chi connectivity index (χ3v) is 5.46. The highest BCUT2D eigenvalue weighted by Crippen LogP contribution is 2.31. The summed E-state index contributed by atoms with van der Waals surface area (Å²) < 4.78 is 0. The van der Waals surface area contributed by atoms with Gasteiger partial charge in [-0.2, -0.15) is 0 Å². The van der Waals surface area contributed by atoms with Crippen LogP contribution in [-0.2, 0) is 4.79 Å². The van der Waals surface area contributed by atoms with Crippen LogP contribution in [0.3, 0.4) is 0 Å². The van der Waals surface area contributed by atoms with Crippen molar-refractivity contribution in [1.29, 1.82) is 0 Å². The van der Waals surface area contributed by atoms with Crippen LogP contribution in [0.1, 0.15) is 36.5 Å². The average Bonchev–Trinajstić information content (AvgIpc) is 3.30. The number of nitrogens with one attached hydrogen (secondary N) is 3. The second-order valence-corrected chi connectivity index (χ2v) is 7.97. The van der Waals surface area contributed by atoms with Gasteiger partial charge in [0.05, 0.1) is 15.6 Å². The van der Waals surface area contributed by atoms with E-state index in [-0.39, 0.29) is 22.3 Å². The van der Waals surface area contributed by atoms with Crippen molar-refractivity contribution in [2.24, 2.45) is 0 Å². The quantitative estimate of drug-likeness (QED) is 0.323. The van der Waals surface area contributed by atoms with Crippen molar-refractivity contribution >= 4 is 63.5 Å². The molecule has 0 spiro atoms. The van der Waals surface area contributed by atoms with Gasteiger partial charge in [0.1, 0.15) is 5.69 Å². The smallest absolute Gasteiger partial charge is 0.293 e. The fraction of sp³-hybridized carbons (Fsp3) is 0.286. The van der Waals surface area contributed by atoms with Gasteiger partial charge in [-0.25, -0.2) is 0 Å². The topological polar surface area (TPSA) is 117 Å². The molecule has 3 rings (SSSR count). The van der Waals surface area contributed by atoms with Crippen LogP contribution >= 0.6 is 23.8 Å². The number of anilines is 3. The van der Waals surface area contributed by atoms with E-state index in [1.165, 1.54) is 12.1 Å². The molecule has 1 aliphatic heterocycles. The molecule has 0 atom stereocenters. The summed E-state index contributed by atoms with van der Waals surface area (Å²) in [6.07, 6.45) is 2.28. The molecule has 0 bridgehead atoms. The predicted octanol–water partition coefficient (Wildman–Crippen LogP) is 4.32. The lowest BCUT2D eigenvalue weighted by atomic mass is 10.1. The molecule has 168 valence electrons. The summed E-state index contributed by atoms with van der Waals surface area (Å²) in [6.45, 7) is 3.23. The van der Waals surface area contributed by atoms with E-state index in [4.69, 9.17) is 23.8 Å². The Hall–Kier alpha value is -3.24. The van der Waals surface area contributed by atoms with Crippen molar-refractivity contribution < 1.29 is 14.5 Å². The molecule has 2 aromatic rings. The Morgan fingerprint density at radius 1 is 1.16 bits per heavy atom. The average molecular weight is 476 g/mol. The van der Waals surface area contributed by atoms with E-state index in [1.54, 1.807) is 31.2 Å². The number of carbonyl (C=O) groups is 2. The SMILES string of the molecule is CCC(=O)Nc1ccc(Cl)c(NC(=S)NC(=O)c2ccc(N3CCCC3)c([N+](=O)[O-])c2)c1. The molecule has 32 heavy (non-hydrogen) atoms. The van der Waals surface area contributed by atoms with E-state index in [9.17, 15) is 19.7 Å². The summed E-state index contributed by atoms with van der Waals surface area (Å²) in [5, 5.41) is 19.9. The Morgan fingerprint density at radius 2 is 1.88 bits per heavy atom. The van der Waals surface area contributed by atoms with Crippen molar-refractivity contribution in [2.75, 3.05) is 28.6 Å². The fourth-order valence-corrected chi connectivity index (χ4v) is 3.68. The molecule has 0 radical (unpaired) electrons. The zero-order chi connectivity index (χ0) is 23.3. The number of hydrogen-bond acceptors (Lipinski definition) is 6. The van der Waals surface area contributed by atoms with Gasteiger partial charge in [0.2, 0.25) is 5.91 Å². The van der Waals surface area contributed by atoms with Gasteiger partial charge in [-0.1, -0.05) is 18.5 Å². The first kappa shape index (κ1) is 23.4. The van der Waals surface area contributed by atoms with Crippen LogP contribution in [0.4, 0.5) is 22.7 Å². The molecule has 0 aliphatic carbocycles. The molecule has 11 heteroatoms. The molecule has 3 N–H and O–H groups in total. The van der Waals surface area contributed by atoms with Crippen molar-refractivity contribution in [3.8, 4) is 0 Å². The minimum absolute atomic E-state index is 0.0397. The predicted molar refractivity (Wildman–Crippen MR) is 129 cm³/mol. The molecule has 0 unspecified atom stereocenters. The fourth-order valence-electron chi connectivity index (χ4n) is 3.31. The molecule has 1 aliphatic rings. The summed E-state index contributed by atoms with van der Waals surface area (Å²) in [5.41, 5.74) is 1.40. The highest BCUT2D eigenvalue weighted by Gasteiger charge is 2.24. The second kappa shape index (κ2) is 10.4. The first-order valence-corrected chi connectivity index (χ1v) is 10.8. The maximum atomic E-state index is 12.6. The van der Waals surface area contributed by atoms with Gasteiger partial charge in [0.15, 0.2) is 5.11 Å². The minimum atomic E-state index is -0.592. The van der Waals surface area contributed by atoms with Gasteiger partial charge in [0.25, 0.3) is 11.6 Å². The normalized spacial score (nSPS) is 12.9. The number of benzene rings is 2. The molecule has 2 aromatic carbocycles. The molecule has 1 heterocycles. The lowest BCUT2D eigenvalue weighted by Crippen LogP contribution is -2.34. The molecular formula is C21H22ClN5O4S. The van der Waals surface area contributed by atoms with E-state index in [0.717, 1.165) is 25.9 Å². The van der Waals surface area contributed by atoms with E-state index >= 15 is 0 Å². The van der Waals surface area contributed by atoms with Gasteiger partial charge in [0, 0.05) is 36.8 Å². The number of nitro benzene ring substituents is 1. The Balaban J connectivity index is 1.71. The lowest BCUT2D eigenvalue weighted by molar-refractivity contribution is -0.384. The highest BCUT2D eigenvalue weighted by molar-refractivity contribution is 7.80. The molecule has 1 saturated heterocycles. The van der Waals surface area contributed by atoms with Crippen molar-refractivity contribution in [2.45, 2.75) is 26.2 Å². The van der Waals surface area contributed by atoms with Crippen LogP contribution in [0, 0.1) is 10.1 Å². The summed E-state index contributed by atoms with van der Waals surface area (Å²) >= 11 is 11.4. The van der Waals surface area contributed by atoms with Crippen LogP contribution in [0.15, 0.2) is 36.4 Å². The summed E-state index contributed by atoms with van der Waals surface area (Å²) in [4.78, 5) is 37.2. The Morgan fingerprint density at radius 3 is 2.53 bits per heavy atom. The molecule has 0 saturated carbocycles. The van der Waals surface area contributed by atoms with Gasteiger partial charge in [-0.05, 0) is 55.4 Å². The first-order chi connectivity index (χ1) is 15.3. The number of thiocarbonyl (C=S) groups is 1. The Labute approximate surface area is 195 Å². The number of rotatable bonds is 6. The summed E-state index contributed by atoms with van der Waals surface area (Å²) in [6, 6.07) is 9.19. The summed E-state index contributed by atoms with van der Waals surface area (Å²) in [5.74, 6) is -0.752. The number of amides is 2. The molecule has 9 nitrogen and oxygen atoms in total. The molecule has 2 amide bonds. The zero-order valence-electron chi connectivity index (χ0n) is 17.3. The second-order valence-electron chi connectivity index (χ2n) is 7.16. The number of halogens is 1. The minimum Gasteiger partial charge on any atom is -0.366 e. The van der Waals surface area contributed by atoms with Crippen LogP contribution < -0.4 is 20.9 Å². The highest BCUT2D eigenvalue weighted by atomic mass is 35.5. The third-order valence-electron chi connectivity index (χ3n) is 4.93. The van der Waals surface area contributed by atoms with Crippen LogP contribution in [-0.4, -0.2) is 34.9 Å². The van der Waals surface area contributed by atoms with E-state index in [2.05, 4.69) is 16.0 Å². The standard InChI is InChI=1S/C21H22ClN5O4S/c1-2-19(28)23-14-6-7-15(22)16(12-14)24-21(32)25-20(29)13-5-8-17(18(11-13)27(30)31)26-9-3-4-10-26/h5-8,11-12H,2-4,9-10H2,1H3,(H,23,28)(H2,24,25,29,32). The van der Waals surface area contributed by atoms with Gasteiger partial charge in [-0.3, -0.25) is 25.0 Å². The number of nitrogens with zero attached hydrogens (tertiary/aromatic N) is 2. The molecule has 0 aromatic heterocycles. The maximum absolute atomic E-state index is 12.6. The van der Waals surface area contributed by atoms with E-state index in [1.807, 2.05) is 4.90 Å². The van der Waals surface area contributed by atoms with Crippen LogP contribution in [0.25, 0.3) is 0 Å². The van der Waals surface area contributed by atoms with Gasteiger partial charge >= 0.3 is 0 Å². The van der Waals surface area contributed by atoms with Crippen molar-refractivity contribution in [1.82, 2.24) is 5.32 Å². The van der Waals surface area contributed by atoms with Gasteiger partial charge in [-0.15, -0.1) is 0 Å². The van der Waals surface area contributed by atoms with E-state index < -0.39 is 10.8 Å². The maximum Gasteiger partial charge on any atom is 0.293 e. The zero-order valence-corrected chi connectivity index (χ0v) is 18.9. The molecule has 1 fully saturated rings. The van der Waals surface area contributed by atoms with Crippen molar-refractivity contribution in [3.63, 3.8) is 0 Å². The lowest BCUT2D eigenvalue weighted by Gasteiger charge is -2.18. The number of carbonyl (C=O) groups excluding carboxylic acids is 2. The monoisotopic (exact) mass is 475 g/mol. The molecular weight excluding hydrogens is 454 g/mol. The van der Waals surface area contributed by atoms with Crippen LogP contribution in [0.2, 0.25) is 5.02 Å². The summed E-state index contributed by atoms with van der Waals surface area (Å²) in [7, 11) is 0. The Bertz CT molecular complexity index is 1070. The van der Waals surface area contributed by atoms with Crippen molar-refractivity contribution in [3.05, 3.63) is 57.1 Å². The van der Waals surface area contributed by atoms with E-state index in [0.29, 0.717) is 28.5 Å². The largest absolute Gasteiger partial charge is 0.366 e. The Kier molecular flexibility index (Phi) is 7.60. The van der Waals surface area contributed by atoms with Gasteiger partial charge < -0.3 is 15.5 Å². The third kappa shape index (κ3) is 5.71. The number of hydrogen-bond donors (Lipinski definition) is 3. The number of nitro groups is 1.